The molecule has 0 saturated carbocycles. The summed E-state index contributed by atoms with van der Waals surface area (Å²) in [6.07, 6.45) is 4.12. The lowest BCUT2D eigenvalue weighted by atomic mass is 10.2. The van der Waals surface area contributed by atoms with Crippen LogP contribution < -0.4 is 0 Å². The molecule has 0 bridgehead atoms. The summed E-state index contributed by atoms with van der Waals surface area (Å²) in [6, 6.07) is 16.2. The maximum Gasteiger partial charge on any atom is 0.116 e. The Labute approximate surface area is 122 Å². The second-order valence-corrected chi connectivity index (χ2v) is 5.37. The molecule has 3 rings (SSSR count). The minimum atomic E-state index is 0.931. The van der Waals surface area contributed by atoms with Gasteiger partial charge in [0, 0.05) is 11.1 Å². The highest BCUT2D eigenvalue weighted by atomic mass is 32.1. The van der Waals surface area contributed by atoms with Crippen LogP contribution in [0.2, 0.25) is 0 Å². The van der Waals surface area contributed by atoms with Crippen LogP contribution in [0, 0.1) is 6.92 Å². The molecule has 0 aliphatic carbocycles. The molecular weight excluding hydrogens is 264 g/mol. The van der Waals surface area contributed by atoms with Crippen molar-refractivity contribution in [1.29, 1.82) is 0 Å². The topological polar surface area (TPSA) is 25.8 Å². The number of hydrogen-bond donors (Lipinski definition) is 0. The van der Waals surface area contributed by atoms with Gasteiger partial charge in [0.25, 0.3) is 0 Å². The zero-order valence-electron chi connectivity index (χ0n) is 11.2. The highest BCUT2D eigenvalue weighted by molar-refractivity contribution is 7.10. The van der Waals surface area contributed by atoms with Crippen LogP contribution in [0.1, 0.15) is 16.3 Å². The van der Waals surface area contributed by atoms with Crippen LogP contribution in [-0.2, 0) is 0 Å². The summed E-state index contributed by atoms with van der Waals surface area (Å²) in [7, 11) is 0. The molecule has 0 amide bonds. The van der Waals surface area contributed by atoms with Crippen LogP contribution >= 0.6 is 11.3 Å². The monoisotopic (exact) mass is 278 g/mol. The Morgan fingerprint density at radius 1 is 0.850 bits per heavy atom. The van der Waals surface area contributed by atoms with Crippen LogP contribution in [0.3, 0.4) is 0 Å². The number of hydrogen-bond acceptors (Lipinski definition) is 3. The van der Waals surface area contributed by atoms with E-state index in [0.29, 0.717) is 0 Å². The van der Waals surface area contributed by atoms with Crippen molar-refractivity contribution in [2.45, 2.75) is 6.92 Å². The zero-order valence-corrected chi connectivity index (χ0v) is 12.0. The van der Waals surface area contributed by atoms with Crippen molar-refractivity contribution in [3.05, 3.63) is 70.2 Å². The van der Waals surface area contributed by atoms with Crippen LogP contribution in [-0.4, -0.2) is 9.97 Å². The lowest BCUT2D eigenvalue weighted by molar-refractivity contribution is 1.19. The van der Waals surface area contributed by atoms with Crippen molar-refractivity contribution in [2.75, 3.05) is 0 Å². The quantitative estimate of drug-likeness (QED) is 0.695. The molecule has 0 aliphatic heterocycles. The molecule has 2 aromatic heterocycles. The van der Waals surface area contributed by atoms with Crippen molar-refractivity contribution in [1.82, 2.24) is 9.97 Å². The molecule has 0 spiro atoms. The Morgan fingerprint density at radius 3 is 2.50 bits per heavy atom. The maximum atomic E-state index is 4.61. The normalized spacial score (nSPS) is 11.1. The third-order valence-electron chi connectivity index (χ3n) is 2.89. The van der Waals surface area contributed by atoms with E-state index in [4.69, 9.17) is 0 Å². The molecule has 0 aliphatic rings. The largest absolute Gasteiger partial charge is 0.251 e. The minimum absolute atomic E-state index is 0.931. The van der Waals surface area contributed by atoms with Gasteiger partial charge in [0.2, 0.25) is 0 Å². The van der Waals surface area contributed by atoms with Crippen LogP contribution in [0.15, 0.2) is 53.9 Å². The van der Waals surface area contributed by atoms with Crippen molar-refractivity contribution in [2.24, 2.45) is 0 Å². The lowest BCUT2D eigenvalue weighted by Gasteiger charge is -1.96. The molecule has 3 heteroatoms. The fraction of sp³-hybridized carbons (Fsp3) is 0.0588. The number of benzene rings is 1. The van der Waals surface area contributed by atoms with Crippen molar-refractivity contribution in [3.8, 4) is 11.4 Å². The number of aromatic nitrogens is 2. The molecule has 0 N–H and O–H groups in total. The first-order valence-corrected chi connectivity index (χ1v) is 7.32. The van der Waals surface area contributed by atoms with Gasteiger partial charge in [-0.1, -0.05) is 42.5 Å². The van der Waals surface area contributed by atoms with Crippen molar-refractivity contribution in [3.63, 3.8) is 0 Å². The van der Waals surface area contributed by atoms with Gasteiger partial charge in [-0.3, -0.25) is 4.98 Å². The predicted octanol–water partition coefficient (Wildman–Crippen LogP) is 4.68. The van der Waals surface area contributed by atoms with Gasteiger partial charge in [-0.15, -0.1) is 11.3 Å². The summed E-state index contributed by atoms with van der Waals surface area (Å²) < 4.78 is 0. The molecule has 0 saturated heterocycles. The van der Waals surface area contributed by atoms with E-state index < -0.39 is 0 Å². The van der Waals surface area contributed by atoms with E-state index in [0.717, 1.165) is 22.1 Å². The molecule has 98 valence electrons. The SMILES string of the molecule is Cc1cccc(-c2csc(C=Cc3ccccc3)n2)n1. The Hall–Kier alpha value is -2.26. The highest BCUT2D eigenvalue weighted by Gasteiger charge is 2.03. The lowest BCUT2D eigenvalue weighted by Crippen LogP contribution is -1.85. The zero-order chi connectivity index (χ0) is 13.8. The molecule has 1 aromatic carbocycles. The van der Waals surface area contributed by atoms with Gasteiger partial charge >= 0.3 is 0 Å². The highest BCUT2D eigenvalue weighted by Crippen LogP contribution is 2.21. The summed E-state index contributed by atoms with van der Waals surface area (Å²) in [6.45, 7) is 1.99. The predicted molar refractivity (Wildman–Crippen MR) is 85.5 cm³/mol. The fourth-order valence-corrected chi connectivity index (χ4v) is 2.60. The van der Waals surface area contributed by atoms with Gasteiger partial charge in [0.15, 0.2) is 0 Å². The van der Waals surface area contributed by atoms with E-state index >= 15 is 0 Å². The summed E-state index contributed by atoms with van der Waals surface area (Å²) >= 11 is 1.63. The van der Waals surface area contributed by atoms with Gasteiger partial charge in [-0.2, -0.15) is 0 Å². The number of aryl methyl sites for hydroxylation is 1. The molecular formula is C17H14N2S. The van der Waals surface area contributed by atoms with Crippen molar-refractivity contribution < 1.29 is 0 Å². The summed E-state index contributed by atoms with van der Waals surface area (Å²) in [5.41, 5.74) is 4.06. The molecule has 20 heavy (non-hydrogen) atoms. The van der Waals surface area contributed by atoms with Crippen LogP contribution in [0.4, 0.5) is 0 Å². The van der Waals surface area contributed by atoms with E-state index in [-0.39, 0.29) is 0 Å². The second kappa shape index (κ2) is 5.80. The maximum absolute atomic E-state index is 4.61. The van der Waals surface area contributed by atoms with Gasteiger partial charge < -0.3 is 0 Å². The fourth-order valence-electron chi connectivity index (χ4n) is 1.90. The van der Waals surface area contributed by atoms with E-state index in [1.807, 2.05) is 54.8 Å². The van der Waals surface area contributed by atoms with Gasteiger partial charge in [0.05, 0.1) is 5.69 Å². The average Bonchev–Trinajstić information content (AvgIpc) is 2.95. The smallest absolute Gasteiger partial charge is 0.116 e. The van der Waals surface area contributed by atoms with Gasteiger partial charge in [-0.25, -0.2) is 4.98 Å². The molecule has 0 unspecified atom stereocenters. The standard InChI is InChI=1S/C17H14N2S/c1-13-6-5-9-15(18-13)16-12-20-17(19-16)11-10-14-7-3-2-4-8-14/h2-12H,1H3. The molecule has 0 radical (unpaired) electrons. The van der Waals surface area contributed by atoms with E-state index in [1.165, 1.54) is 5.56 Å². The summed E-state index contributed by atoms with van der Waals surface area (Å²) in [4.78, 5) is 9.10. The number of nitrogens with zero attached hydrogens (tertiary/aromatic N) is 2. The third kappa shape index (κ3) is 3.00. The van der Waals surface area contributed by atoms with E-state index in [9.17, 15) is 0 Å². The molecule has 0 atom stereocenters. The van der Waals surface area contributed by atoms with Gasteiger partial charge in [-0.05, 0) is 30.7 Å². The second-order valence-electron chi connectivity index (χ2n) is 4.48. The Morgan fingerprint density at radius 2 is 1.70 bits per heavy atom. The number of pyridine rings is 1. The average molecular weight is 278 g/mol. The summed E-state index contributed by atoms with van der Waals surface area (Å²) in [5, 5.41) is 3.04. The van der Waals surface area contributed by atoms with Crippen LogP contribution in [0.5, 0.6) is 0 Å². The van der Waals surface area contributed by atoms with Gasteiger partial charge in [0.1, 0.15) is 10.7 Å². The van der Waals surface area contributed by atoms with E-state index in [2.05, 4.69) is 28.2 Å². The molecule has 3 aromatic rings. The Kier molecular flexibility index (Phi) is 3.70. The van der Waals surface area contributed by atoms with E-state index in [1.54, 1.807) is 11.3 Å². The van der Waals surface area contributed by atoms with Crippen molar-refractivity contribution >= 4 is 23.5 Å². The minimum Gasteiger partial charge on any atom is -0.251 e. The summed E-state index contributed by atoms with van der Waals surface area (Å²) in [5.74, 6) is 0. The third-order valence-corrected chi connectivity index (χ3v) is 3.70. The Bertz CT molecular complexity index is 730. The molecule has 0 fully saturated rings. The number of rotatable bonds is 3. The molecule has 2 heterocycles. The molecule has 2 nitrogen and oxygen atoms in total. The number of thiazole rings is 1. The van der Waals surface area contributed by atoms with Crippen LogP contribution in [0.25, 0.3) is 23.5 Å². The first kappa shape index (κ1) is 12.8. The first-order valence-electron chi connectivity index (χ1n) is 6.44. The Balaban J connectivity index is 1.82. The first-order chi connectivity index (χ1) is 9.81.